The first kappa shape index (κ1) is 17.7. The summed E-state index contributed by atoms with van der Waals surface area (Å²) in [5.74, 6) is 0.122. The van der Waals surface area contributed by atoms with Gasteiger partial charge >= 0.3 is 0 Å². The number of rotatable bonds is 6. The largest absolute Gasteiger partial charge is 0.352 e. The summed E-state index contributed by atoms with van der Waals surface area (Å²) in [6.07, 6.45) is 5.95. The quantitative estimate of drug-likeness (QED) is 0.852. The van der Waals surface area contributed by atoms with Crippen LogP contribution < -0.4 is 5.32 Å². The van der Waals surface area contributed by atoms with Crippen LogP contribution in [0.5, 0.6) is 0 Å². The molecule has 1 N–H and O–H groups in total. The topological polar surface area (TPSA) is 32.3 Å². The molecule has 1 amide bonds. The summed E-state index contributed by atoms with van der Waals surface area (Å²) >= 11 is 0. The highest BCUT2D eigenvalue weighted by Gasteiger charge is 2.27. The molecule has 1 aliphatic rings. The molecule has 0 heterocycles. The second kappa shape index (κ2) is 8.82. The molecule has 25 heavy (non-hydrogen) atoms. The van der Waals surface area contributed by atoms with Crippen molar-refractivity contribution in [2.45, 2.75) is 50.7 Å². The SMILES string of the molecule is CN(Cc1ccccc1)C(C(=O)NC1CCCCC1)c1ccccc1. The molecule has 3 nitrogen and oxygen atoms in total. The first-order valence-corrected chi connectivity index (χ1v) is 9.33. The van der Waals surface area contributed by atoms with Crippen LogP contribution in [0.2, 0.25) is 0 Å². The van der Waals surface area contributed by atoms with Gasteiger partial charge in [0.15, 0.2) is 0 Å². The van der Waals surface area contributed by atoms with Gasteiger partial charge in [-0.25, -0.2) is 0 Å². The van der Waals surface area contributed by atoms with E-state index < -0.39 is 0 Å². The van der Waals surface area contributed by atoms with Gasteiger partial charge in [0.1, 0.15) is 6.04 Å². The van der Waals surface area contributed by atoms with Gasteiger partial charge in [-0.2, -0.15) is 0 Å². The molecule has 1 saturated carbocycles. The standard InChI is InChI=1S/C22H28N2O/c1-24(17-18-11-5-2-6-12-18)21(19-13-7-3-8-14-19)22(25)23-20-15-9-4-10-16-20/h2-3,5-8,11-14,20-21H,4,9-10,15-17H2,1H3,(H,23,25). The minimum atomic E-state index is -0.261. The van der Waals surface area contributed by atoms with Crippen molar-refractivity contribution in [3.8, 4) is 0 Å². The lowest BCUT2D eigenvalue weighted by molar-refractivity contribution is -0.127. The molecule has 1 aliphatic carbocycles. The summed E-state index contributed by atoms with van der Waals surface area (Å²) in [4.78, 5) is 15.2. The molecule has 0 aliphatic heterocycles. The predicted octanol–water partition coefficient (Wildman–Crippen LogP) is 4.31. The second-order valence-corrected chi connectivity index (χ2v) is 7.06. The highest BCUT2D eigenvalue weighted by atomic mass is 16.2. The van der Waals surface area contributed by atoms with E-state index in [4.69, 9.17) is 0 Å². The van der Waals surface area contributed by atoms with Crippen molar-refractivity contribution in [2.75, 3.05) is 7.05 Å². The van der Waals surface area contributed by atoms with E-state index in [2.05, 4.69) is 22.3 Å². The number of hydrogen-bond donors (Lipinski definition) is 1. The normalized spacial score (nSPS) is 16.6. The predicted molar refractivity (Wildman–Crippen MR) is 102 cm³/mol. The van der Waals surface area contributed by atoms with E-state index in [-0.39, 0.29) is 11.9 Å². The van der Waals surface area contributed by atoms with E-state index >= 15 is 0 Å². The monoisotopic (exact) mass is 336 g/mol. The van der Waals surface area contributed by atoms with E-state index in [1.807, 2.05) is 55.6 Å². The van der Waals surface area contributed by atoms with Crippen molar-refractivity contribution in [1.29, 1.82) is 0 Å². The van der Waals surface area contributed by atoms with Gasteiger partial charge in [-0.3, -0.25) is 9.69 Å². The van der Waals surface area contributed by atoms with E-state index in [0.29, 0.717) is 6.04 Å². The van der Waals surface area contributed by atoms with Crippen LogP contribution in [0.1, 0.15) is 49.3 Å². The maximum absolute atomic E-state index is 13.1. The van der Waals surface area contributed by atoms with Crippen LogP contribution in [0.4, 0.5) is 0 Å². The van der Waals surface area contributed by atoms with Crippen LogP contribution in [0.15, 0.2) is 60.7 Å². The van der Waals surface area contributed by atoms with Gasteiger partial charge < -0.3 is 5.32 Å². The molecular weight excluding hydrogens is 308 g/mol. The fourth-order valence-corrected chi connectivity index (χ4v) is 3.73. The molecule has 1 atom stereocenters. The Hall–Kier alpha value is -2.13. The third-order valence-electron chi connectivity index (χ3n) is 5.03. The van der Waals surface area contributed by atoms with Crippen molar-refractivity contribution in [3.63, 3.8) is 0 Å². The highest BCUT2D eigenvalue weighted by Crippen LogP contribution is 2.24. The Bertz CT molecular complexity index is 650. The lowest BCUT2D eigenvalue weighted by Gasteiger charge is -2.31. The van der Waals surface area contributed by atoms with Crippen molar-refractivity contribution in [3.05, 3.63) is 71.8 Å². The summed E-state index contributed by atoms with van der Waals surface area (Å²) in [6, 6.07) is 20.5. The van der Waals surface area contributed by atoms with E-state index in [1.165, 1.54) is 24.8 Å². The molecule has 0 radical (unpaired) electrons. The Labute approximate surface area is 151 Å². The van der Waals surface area contributed by atoms with Crippen LogP contribution in [0, 0.1) is 0 Å². The van der Waals surface area contributed by atoms with Crippen LogP contribution in [0.25, 0.3) is 0 Å². The van der Waals surface area contributed by atoms with Crippen molar-refractivity contribution in [1.82, 2.24) is 10.2 Å². The Balaban J connectivity index is 1.75. The fraction of sp³-hybridized carbons (Fsp3) is 0.409. The van der Waals surface area contributed by atoms with E-state index in [1.54, 1.807) is 0 Å². The summed E-state index contributed by atoms with van der Waals surface area (Å²) in [6.45, 7) is 0.748. The third kappa shape index (κ3) is 4.93. The summed E-state index contributed by atoms with van der Waals surface area (Å²) in [7, 11) is 2.03. The van der Waals surface area contributed by atoms with Gasteiger partial charge in [0.2, 0.25) is 5.91 Å². The zero-order valence-electron chi connectivity index (χ0n) is 15.0. The molecule has 0 spiro atoms. The zero-order valence-corrected chi connectivity index (χ0v) is 15.0. The second-order valence-electron chi connectivity index (χ2n) is 7.06. The number of benzene rings is 2. The van der Waals surface area contributed by atoms with Crippen LogP contribution in [0.3, 0.4) is 0 Å². The molecule has 1 unspecified atom stereocenters. The van der Waals surface area contributed by atoms with Gasteiger partial charge in [-0.15, -0.1) is 0 Å². The average molecular weight is 336 g/mol. The summed E-state index contributed by atoms with van der Waals surface area (Å²) in [5.41, 5.74) is 2.27. The Morgan fingerprint density at radius 2 is 1.60 bits per heavy atom. The van der Waals surface area contributed by atoms with Crippen LogP contribution in [-0.2, 0) is 11.3 Å². The highest BCUT2D eigenvalue weighted by molar-refractivity contribution is 5.83. The minimum absolute atomic E-state index is 0.122. The van der Waals surface area contributed by atoms with E-state index in [0.717, 1.165) is 24.9 Å². The molecule has 3 rings (SSSR count). The molecule has 1 fully saturated rings. The first-order chi connectivity index (χ1) is 12.2. The van der Waals surface area contributed by atoms with E-state index in [9.17, 15) is 4.79 Å². The molecule has 0 aromatic heterocycles. The molecule has 3 heteroatoms. The average Bonchev–Trinajstić information content (AvgIpc) is 2.64. The summed E-state index contributed by atoms with van der Waals surface area (Å²) in [5, 5.41) is 3.30. The zero-order chi connectivity index (χ0) is 17.5. The molecule has 0 saturated heterocycles. The van der Waals surface area contributed by atoms with Gasteiger partial charge in [0.05, 0.1) is 0 Å². The van der Waals surface area contributed by atoms with Crippen LogP contribution in [-0.4, -0.2) is 23.9 Å². The van der Waals surface area contributed by atoms with Crippen molar-refractivity contribution in [2.24, 2.45) is 0 Å². The number of hydrogen-bond acceptors (Lipinski definition) is 2. The molecule has 0 bridgehead atoms. The Kier molecular flexibility index (Phi) is 6.24. The number of carbonyl (C=O) groups excluding carboxylic acids is 1. The maximum atomic E-state index is 13.1. The Morgan fingerprint density at radius 3 is 2.24 bits per heavy atom. The lowest BCUT2D eigenvalue weighted by Crippen LogP contribution is -2.43. The van der Waals surface area contributed by atoms with Crippen molar-refractivity contribution < 1.29 is 4.79 Å². The molecule has 2 aromatic carbocycles. The Morgan fingerprint density at radius 1 is 1.00 bits per heavy atom. The van der Waals surface area contributed by atoms with Gasteiger partial charge in [-0.05, 0) is 31.0 Å². The number of carbonyl (C=O) groups is 1. The van der Waals surface area contributed by atoms with Crippen molar-refractivity contribution >= 4 is 5.91 Å². The van der Waals surface area contributed by atoms with Gasteiger partial charge in [0.25, 0.3) is 0 Å². The molecule has 132 valence electrons. The summed E-state index contributed by atoms with van der Waals surface area (Å²) < 4.78 is 0. The smallest absolute Gasteiger partial charge is 0.242 e. The maximum Gasteiger partial charge on any atom is 0.242 e. The number of likely N-dealkylation sites (N-methyl/N-ethyl adjacent to an activating group) is 1. The number of amides is 1. The van der Waals surface area contributed by atoms with Gasteiger partial charge in [0, 0.05) is 12.6 Å². The number of nitrogens with zero attached hydrogens (tertiary/aromatic N) is 1. The fourth-order valence-electron chi connectivity index (χ4n) is 3.73. The molecule has 2 aromatic rings. The third-order valence-corrected chi connectivity index (χ3v) is 5.03. The van der Waals surface area contributed by atoms with Gasteiger partial charge in [-0.1, -0.05) is 79.9 Å². The first-order valence-electron chi connectivity index (χ1n) is 9.33. The number of nitrogens with one attached hydrogen (secondary N) is 1. The lowest BCUT2D eigenvalue weighted by atomic mass is 9.94. The minimum Gasteiger partial charge on any atom is -0.352 e. The van der Waals surface area contributed by atoms with Crippen LogP contribution >= 0.6 is 0 Å². The molecular formula is C22H28N2O.